The van der Waals surface area contributed by atoms with Gasteiger partial charge in [0.2, 0.25) is 5.91 Å². The zero-order valence-electron chi connectivity index (χ0n) is 13.6. The first-order chi connectivity index (χ1) is 12.2. The summed E-state index contributed by atoms with van der Waals surface area (Å²) in [4.78, 5) is 30.1. The highest BCUT2D eigenvalue weighted by atomic mass is 32.1. The second kappa shape index (κ2) is 6.29. The van der Waals surface area contributed by atoms with Gasteiger partial charge >= 0.3 is 5.97 Å². The lowest BCUT2D eigenvalue weighted by molar-refractivity contribution is -0.145. The van der Waals surface area contributed by atoms with Gasteiger partial charge in [0.1, 0.15) is 5.01 Å². The molecule has 1 aliphatic rings. The fraction of sp³-hybridized carbons (Fsp3) is 0.211. The monoisotopic (exact) mass is 352 g/mol. The van der Waals surface area contributed by atoms with Crippen molar-refractivity contribution in [3.63, 3.8) is 0 Å². The van der Waals surface area contributed by atoms with Gasteiger partial charge in [-0.25, -0.2) is 4.98 Å². The normalized spacial score (nSPS) is 17.2. The van der Waals surface area contributed by atoms with Crippen LogP contribution in [0.5, 0.6) is 0 Å². The van der Waals surface area contributed by atoms with Crippen LogP contribution < -0.4 is 4.90 Å². The van der Waals surface area contributed by atoms with Gasteiger partial charge in [-0.2, -0.15) is 0 Å². The van der Waals surface area contributed by atoms with Gasteiger partial charge in [0, 0.05) is 24.2 Å². The van der Waals surface area contributed by atoms with E-state index in [4.69, 9.17) is 4.74 Å². The second-order valence-corrected chi connectivity index (χ2v) is 6.99. The Balaban J connectivity index is 1.58. The summed E-state index contributed by atoms with van der Waals surface area (Å²) in [5.41, 5.74) is 2.80. The number of methoxy groups -OCH3 is 1. The summed E-state index contributed by atoms with van der Waals surface area (Å²) in [6.07, 6.45) is 0.201. The fourth-order valence-corrected chi connectivity index (χ4v) is 4.03. The van der Waals surface area contributed by atoms with Crippen molar-refractivity contribution in [1.82, 2.24) is 4.98 Å². The first-order valence-corrected chi connectivity index (χ1v) is 8.81. The summed E-state index contributed by atoms with van der Waals surface area (Å²) < 4.78 is 5.90. The molecule has 2 aromatic carbocycles. The number of rotatable bonds is 3. The minimum Gasteiger partial charge on any atom is -0.469 e. The van der Waals surface area contributed by atoms with Crippen molar-refractivity contribution in [2.75, 3.05) is 18.6 Å². The topological polar surface area (TPSA) is 59.5 Å². The number of hydrogen-bond acceptors (Lipinski definition) is 5. The smallest absolute Gasteiger partial charge is 0.311 e. The zero-order chi connectivity index (χ0) is 17.4. The van der Waals surface area contributed by atoms with E-state index in [9.17, 15) is 9.59 Å². The Labute approximate surface area is 148 Å². The summed E-state index contributed by atoms with van der Waals surface area (Å²) in [6, 6.07) is 15.8. The molecular weight excluding hydrogens is 336 g/mol. The molecule has 0 saturated carbocycles. The molecule has 0 N–H and O–H groups in total. The molecule has 0 bridgehead atoms. The van der Waals surface area contributed by atoms with Crippen molar-refractivity contribution in [3.05, 3.63) is 48.5 Å². The third-order valence-electron chi connectivity index (χ3n) is 4.38. The van der Waals surface area contributed by atoms with Gasteiger partial charge in [0.15, 0.2) is 0 Å². The quantitative estimate of drug-likeness (QED) is 0.677. The molecule has 1 aromatic heterocycles. The molecule has 1 fully saturated rings. The minimum absolute atomic E-state index is 0.0527. The molecule has 1 atom stereocenters. The Morgan fingerprint density at radius 2 is 1.96 bits per heavy atom. The average Bonchev–Trinajstić information content (AvgIpc) is 3.24. The lowest BCUT2D eigenvalue weighted by Crippen LogP contribution is -2.26. The number of fused-ring (bicyclic) bond motifs is 1. The molecule has 1 saturated heterocycles. The van der Waals surface area contributed by atoms with Gasteiger partial charge in [-0.1, -0.05) is 12.1 Å². The Kier molecular flexibility index (Phi) is 3.97. The highest BCUT2D eigenvalue weighted by Crippen LogP contribution is 2.32. The van der Waals surface area contributed by atoms with Crippen LogP contribution in [0.25, 0.3) is 20.8 Å². The number of aromatic nitrogens is 1. The molecule has 3 aromatic rings. The number of para-hydroxylation sites is 1. The molecule has 0 spiro atoms. The van der Waals surface area contributed by atoms with Crippen LogP contribution in [-0.2, 0) is 14.3 Å². The largest absolute Gasteiger partial charge is 0.469 e. The van der Waals surface area contributed by atoms with E-state index in [1.807, 2.05) is 42.5 Å². The molecule has 0 radical (unpaired) electrons. The molecule has 25 heavy (non-hydrogen) atoms. The van der Waals surface area contributed by atoms with Gasteiger partial charge < -0.3 is 9.64 Å². The number of benzene rings is 2. The van der Waals surface area contributed by atoms with Gasteiger partial charge in [-0.15, -0.1) is 11.3 Å². The predicted octanol–water partition coefficient (Wildman–Crippen LogP) is 3.49. The van der Waals surface area contributed by atoms with Crippen molar-refractivity contribution in [3.8, 4) is 10.6 Å². The summed E-state index contributed by atoms with van der Waals surface area (Å²) in [5.74, 6) is -0.772. The fourth-order valence-electron chi connectivity index (χ4n) is 3.06. The van der Waals surface area contributed by atoms with Crippen molar-refractivity contribution in [1.29, 1.82) is 0 Å². The SMILES string of the molecule is COC(=O)[C@@H]1CC(=O)N(c2ccc(-c3nc4ccccc4s3)cc2)C1. The van der Waals surface area contributed by atoms with E-state index >= 15 is 0 Å². The van der Waals surface area contributed by atoms with Crippen molar-refractivity contribution >= 4 is 39.1 Å². The molecule has 1 aliphatic heterocycles. The summed E-state index contributed by atoms with van der Waals surface area (Å²) >= 11 is 1.64. The highest BCUT2D eigenvalue weighted by molar-refractivity contribution is 7.21. The number of thiazole rings is 1. The number of nitrogens with zero attached hydrogens (tertiary/aromatic N) is 2. The lowest BCUT2D eigenvalue weighted by Gasteiger charge is -2.16. The van der Waals surface area contributed by atoms with Gasteiger partial charge in [-0.3, -0.25) is 9.59 Å². The summed E-state index contributed by atoms with van der Waals surface area (Å²) in [5, 5.41) is 0.952. The van der Waals surface area contributed by atoms with Gasteiger partial charge in [0.05, 0.1) is 23.2 Å². The number of ether oxygens (including phenoxy) is 1. The lowest BCUT2D eigenvalue weighted by atomic mass is 10.1. The Morgan fingerprint density at radius 1 is 1.20 bits per heavy atom. The first kappa shape index (κ1) is 15.8. The molecule has 2 heterocycles. The van der Waals surface area contributed by atoms with Crippen LogP contribution in [0.1, 0.15) is 6.42 Å². The molecule has 1 amide bonds. The molecule has 0 aliphatic carbocycles. The molecule has 4 rings (SSSR count). The first-order valence-electron chi connectivity index (χ1n) is 8.00. The Bertz CT molecular complexity index is 916. The third kappa shape index (κ3) is 2.89. The van der Waals surface area contributed by atoms with Crippen LogP contribution in [0, 0.1) is 5.92 Å². The van der Waals surface area contributed by atoms with Crippen LogP contribution in [0.15, 0.2) is 48.5 Å². The Hall–Kier alpha value is -2.73. The number of anilines is 1. The second-order valence-electron chi connectivity index (χ2n) is 5.96. The van der Waals surface area contributed by atoms with E-state index in [1.54, 1.807) is 16.2 Å². The minimum atomic E-state index is -0.388. The summed E-state index contributed by atoms with van der Waals surface area (Å²) in [6.45, 7) is 0.367. The molecular formula is C19H16N2O3S. The van der Waals surface area contributed by atoms with Crippen LogP contribution in [0.3, 0.4) is 0 Å². The molecule has 126 valence electrons. The van der Waals surface area contributed by atoms with Crippen LogP contribution in [0.2, 0.25) is 0 Å². The van der Waals surface area contributed by atoms with E-state index in [2.05, 4.69) is 11.1 Å². The van der Waals surface area contributed by atoms with Gasteiger partial charge in [-0.05, 0) is 36.4 Å². The average molecular weight is 352 g/mol. The van der Waals surface area contributed by atoms with E-state index in [-0.39, 0.29) is 24.2 Å². The Morgan fingerprint density at radius 3 is 2.68 bits per heavy atom. The number of carbonyl (C=O) groups excluding carboxylic acids is 2. The molecule has 0 unspecified atom stereocenters. The van der Waals surface area contributed by atoms with Crippen LogP contribution in [-0.4, -0.2) is 30.5 Å². The van der Waals surface area contributed by atoms with E-state index < -0.39 is 0 Å². The van der Waals surface area contributed by atoms with Gasteiger partial charge in [0.25, 0.3) is 0 Å². The number of hydrogen-bond donors (Lipinski definition) is 0. The molecule has 6 heteroatoms. The van der Waals surface area contributed by atoms with Crippen LogP contribution in [0.4, 0.5) is 5.69 Å². The maximum atomic E-state index is 12.2. The predicted molar refractivity (Wildman–Crippen MR) is 97.5 cm³/mol. The standard InChI is InChI=1S/C19H16N2O3S/c1-24-19(23)13-10-17(22)21(11-13)14-8-6-12(7-9-14)18-20-15-4-2-3-5-16(15)25-18/h2-9,13H,10-11H2,1H3/t13-/m1/s1. The maximum Gasteiger partial charge on any atom is 0.311 e. The molecule has 5 nitrogen and oxygen atoms in total. The van der Waals surface area contributed by atoms with E-state index in [1.165, 1.54) is 7.11 Å². The highest BCUT2D eigenvalue weighted by Gasteiger charge is 2.35. The van der Waals surface area contributed by atoms with Crippen LogP contribution >= 0.6 is 11.3 Å². The van der Waals surface area contributed by atoms with E-state index in [0.717, 1.165) is 26.5 Å². The van der Waals surface area contributed by atoms with Crippen molar-refractivity contribution in [2.45, 2.75) is 6.42 Å². The number of esters is 1. The number of amides is 1. The van der Waals surface area contributed by atoms with Crippen molar-refractivity contribution in [2.24, 2.45) is 5.92 Å². The van der Waals surface area contributed by atoms with Crippen molar-refractivity contribution < 1.29 is 14.3 Å². The van der Waals surface area contributed by atoms with E-state index in [0.29, 0.717) is 6.54 Å². The number of carbonyl (C=O) groups is 2. The summed E-state index contributed by atoms with van der Waals surface area (Å²) in [7, 11) is 1.35. The zero-order valence-corrected chi connectivity index (χ0v) is 14.5. The maximum absolute atomic E-state index is 12.2. The third-order valence-corrected chi connectivity index (χ3v) is 5.46.